The van der Waals surface area contributed by atoms with E-state index in [1.165, 1.54) is 10.5 Å². The van der Waals surface area contributed by atoms with Crippen molar-refractivity contribution in [3.8, 4) is 0 Å². The smallest absolute Gasteiger partial charge is 0.341 e. The van der Waals surface area contributed by atoms with Crippen LogP contribution in [0.4, 0.5) is 0 Å². The van der Waals surface area contributed by atoms with Crippen LogP contribution in [0.3, 0.4) is 0 Å². The van der Waals surface area contributed by atoms with Gasteiger partial charge in [-0.1, -0.05) is 11.6 Å². The Bertz CT molecular complexity index is 1130. The van der Waals surface area contributed by atoms with Gasteiger partial charge in [-0.05, 0) is 37.3 Å². The van der Waals surface area contributed by atoms with Gasteiger partial charge in [-0.15, -0.1) is 11.3 Å². The van der Waals surface area contributed by atoms with Gasteiger partial charge < -0.3 is 9.64 Å². The van der Waals surface area contributed by atoms with Gasteiger partial charge in [0.25, 0.3) is 5.56 Å². The predicted molar refractivity (Wildman–Crippen MR) is 106 cm³/mol. The molecule has 0 unspecified atom stereocenters. The summed E-state index contributed by atoms with van der Waals surface area (Å²) in [6.45, 7) is 1.90. The van der Waals surface area contributed by atoms with Crippen molar-refractivity contribution >= 4 is 45.7 Å². The average molecular weight is 405 g/mol. The molecule has 1 aromatic carbocycles. The van der Waals surface area contributed by atoms with Gasteiger partial charge in [-0.2, -0.15) is 0 Å². The molecule has 0 saturated carbocycles. The molecule has 0 bridgehead atoms. The van der Waals surface area contributed by atoms with E-state index in [2.05, 4.69) is 0 Å². The van der Waals surface area contributed by atoms with Crippen LogP contribution in [0.2, 0.25) is 5.02 Å². The molecule has 6 nitrogen and oxygen atoms in total. The Morgan fingerprint density at radius 1 is 1.26 bits per heavy atom. The van der Waals surface area contributed by atoms with E-state index >= 15 is 0 Å². The molecule has 2 aromatic heterocycles. The summed E-state index contributed by atoms with van der Waals surface area (Å²) in [5.74, 6) is -0.939. The molecule has 0 fully saturated rings. The number of nitrogens with zero attached hydrogens (tertiary/aromatic N) is 2. The molecule has 27 heavy (non-hydrogen) atoms. The van der Waals surface area contributed by atoms with Crippen molar-refractivity contribution < 1.29 is 14.3 Å². The zero-order valence-electron chi connectivity index (χ0n) is 15.0. The number of fused-ring (bicyclic) bond motifs is 1. The zero-order valence-corrected chi connectivity index (χ0v) is 16.6. The molecule has 0 radical (unpaired) electrons. The van der Waals surface area contributed by atoms with E-state index in [9.17, 15) is 14.4 Å². The lowest BCUT2D eigenvalue weighted by atomic mass is 10.1. The van der Waals surface area contributed by atoms with Gasteiger partial charge in [0, 0.05) is 30.9 Å². The summed E-state index contributed by atoms with van der Waals surface area (Å²) < 4.78 is 6.79. The quantitative estimate of drug-likeness (QED) is 0.482. The van der Waals surface area contributed by atoms with Crippen LogP contribution in [0.5, 0.6) is 0 Å². The summed E-state index contributed by atoms with van der Waals surface area (Å²) in [6.07, 6.45) is 1.66. The molecule has 0 spiro atoms. The fraction of sp³-hybridized carbons (Fsp3) is 0.211. The Balaban J connectivity index is 2.27. The molecule has 0 saturated heterocycles. The molecule has 0 amide bonds. The van der Waals surface area contributed by atoms with Crippen molar-refractivity contribution in [1.82, 2.24) is 9.30 Å². The molecule has 3 rings (SSSR count). The van der Waals surface area contributed by atoms with Crippen LogP contribution in [0.15, 0.2) is 35.1 Å². The molecule has 8 heteroatoms. The molecule has 0 atom stereocenters. The summed E-state index contributed by atoms with van der Waals surface area (Å²) >= 11 is 7.03. The third-order valence-electron chi connectivity index (χ3n) is 3.79. The Kier molecular flexibility index (Phi) is 5.34. The van der Waals surface area contributed by atoms with Gasteiger partial charge in [-0.25, -0.2) is 4.79 Å². The normalized spacial score (nSPS) is 11.8. The van der Waals surface area contributed by atoms with Gasteiger partial charge >= 0.3 is 5.97 Å². The molecular formula is C19H17ClN2O4S. The SMILES string of the molecule is CCOC(=O)c1cc(C(=O)c2ccc(Cl)cc2)n2c(=O)/c(=C\N(C)C)sc12. The topological polar surface area (TPSA) is 68.1 Å². The maximum absolute atomic E-state index is 13.0. The van der Waals surface area contributed by atoms with Crippen LogP contribution in [-0.2, 0) is 4.74 Å². The van der Waals surface area contributed by atoms with Crippen molar-refractivity contribution in [2.75, 3.05) is 20.7 Å². The minimum Gasteiger partial charge on any atom is -0.462 e. The van der Waals surface area contributed by atoms with E-state index in [0.29, 0.717) is 19.9 Å². The first-order chi connectivity index (χ1) is 12.8. The number of ether oxygens (including phenoxy) is 1. The van der Waals surface area contributed by atoms with Crippen molar-refractivity contribution in [2.45, 2.75) is 6.92 Å². The van der Waals surface area contributed by atoms with Crippen molar-refractivity contribution in [3.05, 3.63) is 67.1 Å². The number of ketones is 1. The lowest BCUT2D eigenvalue weighted by molar-refractivity contribution is 0.0529. The number of thiazole rings is 1. The first-order valence-corrected chi connectivity index (χ1v) is 9.36. The summed E-state index contributed by atoms with van der Waals surface area (Å²) in [7, 11) is 3.58. The Morgan fingerprint density at radius 3 is 2.52 bits per heavy atom. The fourth-order valence-electron chi connectivity index (χ4n) is 2.64. The summed E-state index contributed by atoms with van der Waals surface area (Å²) in [5, 5.41) is 0.502. The lowest BCUT2D eigenvalue weighted by Gasteiger charge is -2.01. The number of carbonyl (C=O) groups is 2. The zero-order chi connectivity index (χ0) is 19.7. The number of benzene rings is 1. The largest absolute Gasteiger partial charge is 0.462 e. The number of carbonyl (C=O) groups excluding carboxylic acids is 2. The van der Waals surface area contributed by atoms with Gasteiger partial charge in [0.05, 0.1) is 17.9 Å². The number of hydrogen-bond donors (Lipinski definition) is 0. The minimum atomic E-state index is -0.567. The van der Waals surface area contributed by atoms with Crippen LogP contribution in [0.25, 0.3) is 11.0 Å². The van der Waals surface area contributed by atoms with Gasteiger partial charge in [0.1, 0.15) is 9.36 Å². The van der Waals surface area contributed by atoms with Gasteiger partial charge in [0.15, 0.2) is 0 Å². The number of aromatic nitrogens is 1. The second-order valence-electron chi connectivity index (χ2n) is 6.00. The molecule has 0 N–H and O–H groups in total. The van der Waals surface area contributed by atoms with E-state index in [0.717, 1.165) is 11.3 Å². The van der Waals surface area contributed by atoms with Crippen LogP contribution < -0.4 is 10.1 Å². The second-order valence-corrected chi connectivity index (χ2v) is 7.47. The maximum Gasteiger partial charge on any atom is 0.341 e. The second kappa shape index (κ2) is 7.54. The summed E-state index contributed by atoms with van der Waals surface area (Å²) in [6, 6.07) is 7.78. The summed E-state index contributed by atoms with van der Waals surface area (Å²) in [5.41, 5.74) is 0.346. The van der Waals surface area contributed by atoms with Gasteiger partial charge in [-0.3, -0.25) is 14.0 Å². The average Bonchev–Trinajstić information content (AvgIpc) is 3.13. The first kappa shape index (κ1) is 19.1. The monoisotopic (exact) mass is 404 g/mol. The maximum atomic E-state index is 13.0. The van der Waals surface area contributed by atoms with Gasteiger partial charge in [0.2, 0.25) is 5.78 Å². The Labute approximate surface area is 164 Å². The number of hydrogen-bond acceptors (Lipinski definition) is 6. The highest BCUT2D eigenvalue weighted by molar-refractivity contribution is 7.15. The van der Waals surface area contributed by atoms with Crippen LogP contribution in [-0.4, -0.2) is 41.8 Å². The van der Waals surface area contributed by atoms with Crippen LogP contribution in [0.1, 0.15) is 33.3 Å². The standard InChI is InChI=1S/C19H17ClN2O4S/c1-4-26-19(25)13-9-14(16(23)11-5-7-12(20)8-6-11)22-17(24)15(10-21(2)3)27-18(13)22/h5-10H,4H2,1-3H3/b15-10+. The van der Waals surface area contributed by atoms with E-state index in [4.69, 9.17) is 16.3 Å². The van der Waals surface area contributed by atoms with Crippen molar-refractivity contribution in [2.24, 2.45) is 0 Å². The third-order valence-corrected chi connectivity index (χ3v) is 5.13. The predicted octanol–water partition coefficient (Wildman–Crippen LogP) is 2.44. The highest BCUT2D eigenvalue weighted by Crippen LogP contribution is 2.22. The summed E-state index contributed by atoms with van der Waals surface area (Å²) in [4.78, 5) is 40.3. The van der Waals surface area contributed by atoms with Crippen molar-refractivity contribution in [3.63, 3.8) is 0 Å². The van der Waals surface area contributed by atoms with E-state index in [1.807, 2.05) is 0 Å². The molecule has 140 valence electrons. The molecule has 3 aromatic rings. The molecule has 0 aliphatic carbocycles. The van der Waals surface area contributed by atoms with Crippen LogP contribution >= 0.6 is 22.9 Å². The molecule has 0 aliphatic rings. The lowest BCUT2D eigenvalue weighted by Crippen LogP contribution is -2.27. The number of rotatable bonds is 5. The van der Waals surface area contributed by atoms with Crippen molar-refractivity contribution in [1.29, 1.82) is 0 Å². The minimum absolute atomic E-state index is 0.120. The highest BCUT2D eigenvalue weighted by atomic mass is 35.5. The van der Waals surface area contributed by atoms with E-state index in [-0.39, 0.29) is 29.2 Å². The number of esters is 1. The first-order valence-electron chi connectivity index (χ1n) is 8.17. The Hall–Kier alpha value is -2.64. The van der Waals surface area contributed by atoms with Crippen LogP contribution in [0, 0.1) is 0 Å². The number of halogens is 1. The molecule has 0 aliphatic heterocycles. The Morgan fingerprint density at radius 2 is 1.93 bits per heavy atom. The molecular weight excluding hydrogens is 388 g/mol. The molecule has 2 heterocycles. The fourth-order valence-corrected chi connectivity index (χ4v) is 3.94. The van der Waals surface area contributed by atoms with E-state index < -0.39 is 5.97 Å². The third kappa shape index (κ3) is 3.61. The highest BCUT2D eigenvalue weighted by Gasteiger charge is 2.25. The van der Waals surface area contributed by atoms with E-state index in [1.54, 1.807) is 56.4 Å².